The van der Waals surface area contributed by atoms with E-state index in [2.05, 4.69) is 10.6 Å². The van der Waals surface area contributed by atoms with E-state index in [1.807, 2.05) is 29.2 Å². The van der Waals surface area contributed by atoms with Crippen LogP contribution in [0.15, 0.2) is 24.3 Å². The predicted octanol–water partition coefficient (Wildman–Crippen LogP) is 2.51. The SMILES string of the molecule is CC(=O)Nc1ccccc1NC(=N)N1CCCC1.Cl. The minimum atomic E-state index is -0.114. The van der Waals surface area contributed by atoms with Crippen LogP contribution in [0.5, 0.6) is 0 Å². The second kappa shape index (κ2) is 6.99. The van der Waals surface area contributed by atoms with E-state index in [9.17, 15) is 4.79 Å². The van der Waals surface area contributed by atoms with Crippen molar-refractivity contribution < 1.29 is 4.79 Å². The maximum absolute atomic E-state index is 11.1. The first-order valence-corrected chi connectivity index (χ1v) is 6.14. The summed E-state index contributed by atoms with van der Waals surface area (Å²) in [5.74, 6) is 0.280. The number of likely N-dealkylation sites (tertiary alicyclic amines) is 1. The number of benzene rings is 1. The molecule has 1 aromatic carbocycles. The predicted molar refractivity (Wildman–Crippen MR) is 80.2 cm³/mol. The molecule has 1 amide bonds. The van der Waals surface area contributed by atoms with Crippen molar-refractivity contribution in [3.05, 3.63) is 24.3 Å². The van der Waals surface area contributed by atoms with Crippen LogP contribution in [0.25, 0.3) is 0 Å². The highest BCUT2D eigenvalue weighted by Gasteiger charge is 2.15. The maximum atomic E-state index is 11.1. The molecule has 0 aromatic heterocycles. The molecule has 104 valence electrons. The lowest BCUT2D eigenvalue weighted by molar-refractivity contribution is -0.114. The number of anilines is 2. The smallest absolute Gasteiger partial charge is 0.221 e. The van der Waals surface area contributed by atoms with Crippen molar-refractivity contribution in [3.8, 4) is 0 Å². The van der Waals surface area contributed by atoms with Crippen LogP contribution in [0.3, 0.4) is 0 Å². The van der Waals surface area contributed by atoms with Crippen LogP contribution < -0.4 is 10.6 Å². The van der Waals surface area contributed by atoms with Gasteiger partial charge in [-0.05, 0) is 25.0 Å². The number of nitrogens with one attached hydrogen (secondary N) is 3. The van der Waals surface area contributed by atoms with Gasteiger partial charge >= 0.3 is 0 Å². The molecule has 0 aliphatic carbocycles. The fourth-order valence-electron chi connectivity index (χ4n) is 2.04. The van der Waals surface area contributed by atoms with Crippen molar-refractivity contribution in [2.75, 3.05) is 23.7 Å². The van der Waals surface area contributed by atoms with Crippen LogP contribution >= 0.6 is 12.4 Å². The summed E-state index contributed by atoms with van der Waals surface area (Å²) < 4.78 is 0. The Hall–Kier alpha value is -1.75. The van der Waals surface area contributed by atoms with E-state index in [0.717, 1.165) is 31.6 Å². The highest BCUT2D eigenvalue weighted by molar-refractivity contribution is 5.99. The third-order valence-corrected chi connectivity index (χ3v) is 2.91. The summed E-state index contributed by atoms with van der Waals surface area (Å²) in [6.45, 7) is 3.32. The van der Waals surface area contributed by atoms with Crippen molar-refractivity contribution in [3.63, 3.8) is 0 Å². The number of para-hydroxylation sites is 2. The molecule has 19 heavy (non-hydrogen) atoms. The summed E-state index contributed by atoms with van der Waals surface area (Å²) in [5, 5.41) is 13.8. The van der Waals surface area contributed by atoms with Gasteiger partial charge in [0.1, 0.15) is 0 Å². The Kier molecular flexibility index (Phi) is 5.63. The number of nitrogens with zero attached hydrogens (tertiary/aromatic N) is 1. The zero-order valence-electron chi connectivity index (χ0n) is 10.9. The first-order valence-electron chi connectivity index (χ1n) is 6.14. The molecule has 0 spiro atoms. The molecular formula is C13H19ClN4O. The van der Waals surface area contributed by atoms with Gasteiger partial charge in [-0.15, -0.1) is 12.4 Å². The minimum absolute atomic E-state index is 0. The quantitative estimate of drug-likeness (QED) is 0.577. The first kappa shape index (κ1) is 15.3. The van der Waals surface area contributed by atoms with Crippen LogP contribution in [-0.4, -0.2) is 29.9 Å². The van der Waals surface area contributed by atoms with E-state index in [4.69, 9.17) is 5.41 Å². The Morgan fingerprint density at radius 1 is 1.16 bits per heavy atom. The lowest BCUT2D eigenvalue weighted by Gasteiger charge is -2.20. The fraction of sp³-hybridized carbons (Fsp3) is 0.385. The van der Waals surface area contributed by atoms with Gasteiger partial charge in [-0.25, -0.2) is 0 Å². The van der Waals surface area contributed by atoms with Crippen molar-refractivity contribution in [2.24, 2.45) is 0 Å². The van der Waals surface area contributed by atoms with Gasteiger partial charge < -0.3 is 15.5 Å². The molecule has 6 heteroatoms. The van der Waals surface area contributed by atoms with Crippen LogP contribution in [-0.2, 0) is 4.79 Å². The van der Waals surface area contributed by atoms with Gasteiger partial charge in [-0.2, -0.15) is 0 Å². The van der Waals surface area contributed by atoms with E-state index in [-0.39, 0.29) is 18.3 Å². The average molecular weight is 283 g/mol. The number of carbonyl (C=O) groups excluding carboxylic acids is 1. The van der Waals surface area contributed by atoms with Crippen molar-refractivity contribution in [1.82, 2.24) is 4.90 Å². The molecule has 1 heterocycles. The molecule has 1 aliphatic rings. The Balaban J connectivity index is 0.00000180. The maximum Gasteiger partial charge on any atom is 0.221 e. The van der Waals surface area contributed by atoms with E-state index in [0.29, 0.717) is 11.6 Å². The van der Waals surface area contributed by atoms with Crippen molar-refractivity contribution in [1.29, 1.82) is 5.41 Å². The third-order valence-electron chi connectivity index (χ3n) is 2.91. The first-order chi connectivity index (χ1) is 8.66. The lowest BCUT2D eigenvalue weighted by atomic mass is 10.2. The van der Waals surface area contributed by atoms with Gasteiger partial charge in [0.05, 0.1) is 11.4 Å². The molecule has 1 saturated heterocycles. The number of hydrogen-bond donors (Lipinski definition) is 3. The Bertz CT molecular complexity index is 458. The number of carbonyl (C=O) groups is 1. The standard InChI is InChI=1S/C13H18N4O.ClH/c1-10(18)15-11-6-2-3-7-12(11)16-13(14)17-8-4-5-9-17;/h2-3,6-7H,4-5,8-9H2,1H3,(H2,14,16)(H,15,18);1H. The molecule has 0 unspecified atom stereocenters. The third kappa shape index (κ3) is 4.13. The highest BCUT2D eigenvalue weighted by Crippen LogP contribution is 2.21. The number of amides is 1. The number of hydrogen-bond acceptors (Lipinski definition) is 2. The second-order valence-corrected chi connectivity index (χ2v) is 4.39. The van der Waals surface area contributed by atoms with E-state index in [1.165, 1.54) is 6.92 Å². The van der Waals surface area contributed by atoms with Crippen LogP contribution in [0.4, 0.5) is 11.4 Å². The van der Waals surface area contributed by atoms with Crippen molar-refractivity contribution in [2.45, 2.75) is 19.8 Å². The van der Waals surface area contributed by atoms with Crippen LogP contribution in [0, 0.1) is 5.41 Å². The molecule has 2 rings (SSSR count). The Morgan fingerprint density at radius 2 is 1.68 bits per heavy atom. The van der Waals surface area contributed by atoms with E-state index < -0.39 is 0 Å². The number of guanidine groups is 1. The molecule has 0 bridgehead atoms. The molecule has 1 aliphatic heterocycles. The summed E-state index contributed by atoms with van der Waals surface area (Å²) >= 11 is 0. The van der Waals surface area contributed by atoms with E-state index in [1.54, 1.807) is 0 Å². The number of halogens is 1. The van der Waals surface area contributed by atoms with Gasteiger partial charge in [-0.1, -0.05) is 12.1 Å². The monoisotopic (exact) mass is 282 g/mol. The van der Waals surface area contributed by atoms with Crippen LogP contribution in [0.2, 0.25) is 0 Å². The van der Waals surface area contributed by atoms with Gasteiger partial charge in [-0.3, -0.25) is 10.2 Å². The summed E-state index contributed by atoms with van der Waals surface area (Å²) in [6, 6.07) is 7.41. The highest BCUT2D eigenvalue weighted by atomic mass is 35.5. The summed E-state index contributed by atoms with van der Waals surface area (Å²) in [7, 11) is 0. The zero-order chi connectivity index (χ0) is 13.0. The Labute approximate surface area is 119 Å². The molecule has 1 aromatic rings. The van der Waals surface area contributed by atoms with Crippen LogP contribution in [0.1, 0.15) is 19.8 Å². The average Bonchev–Trinajstić information content (AvgIpc) is 2.84. The lowest BCUT2D eigenvalue weighted by Crippen LogP contribution is -2.33. The normalized spacial score (nSPS) is 13.6. The zero-order valence-corrected chi connectivity index (χ0v) is 11.7. The molecule has 1 fully saturated rings. The fourth-order valence-corrected chi connectivity index (χ4v) is 2.04. The summed E-state index contributed by atoms with van der Waals surface area (Å²) in [6.07, 6.45) is 2.27. The van der Waals surface area contributed by atoms with Gasteiger partial charge in [0.25, 0.3) is 0 Å². The number of rotatable bonds is 2. The molecule has 0 radical (unpaired) electrons. The van der Waals surface area contributed by atoms with Gasteiger partial charge in [0, 0.05) is 20.0 Å². The molecule has 3 N–H and O–H groups in total. The van der Waals surface area contributed by atoms with Gasteiger partial charge in [0.15, 0.2) is 5.96 Å². The topological polar surface area (TPSA) is 68.2 Å². The molecule has 0 saturated carbocycles. The largest absolute Gasteiger partial charge is 0.343 e. The molecule has 0 atom stereocenters. The molecule has 5 nitrogen and oxygen atoms in total. The molecular weight excluding hydrogens is 264 g/mol. The Morgan fingerprint density at radius 3 is 2.21 bits per heavy atom. The van der Waals surface area contributed by atoms with E-state index >= 15 is 0 Å². The second-order valence-electron chi connectivity index (χ2n) is 4.39. The van der Waals surface area contributed by atoms with Crippen molar-refractivity contribution >= 4 is 35.6 Å². The summed E-state index contributed by atoms with van der Waals surface area (Å²) in [4.78, 5) is 13.1. The van der Waals surface area contributed by atoms with Gasteiger partial charge in [0.2, 0.25) is 5.91 Å². The summed E-state index contributed by atoms with van der Waals surface area (Å²) in [5.41, 5.74) is 1.46. The minimum Gasteiger partial charge on any atom is -0.343 e.